The van der Waals surface area contributed by atoms with Gasteiger partial charge in [0.1, 0.15) is 5.71 Å². The van der Waals surface area contributed by atoms with Gasteiger partial charge >= 0.3 is 5.97 Å². The third-order valence-electron chi connectivity index (χ3n) is 4.31. The van der Waals surface area contributed by atoms with Crippen LogP contribution in [-0.2, 0) is 14.4 Å². The Labute approximate surface area is 152 Å². The minimum absolute atomic E-state index is 0.117. The Balaban J connectivity index is 1.79. The second kappa shape index (κ2) is 6.00. The van der Waals surface area contributed by atoms with E-state index >= 15 is 0 Å². The molecule has 0 radical (unpaired) electrons. The number of carbonyl (C=O) groups excluding carboxylic acids is 2. The molecule has 0 saturated carbocycles. The second-order valence-corrected chi connectivity index (χ2v) is 6.84. The topological polar surface area (TPSA) is 79.8 Å². The molecule has 7 heteroatoms. The van der Waals surface area contributed by atoms with Crippen LogP contribution in [0.5, 0.6) is 0 Å². The molecule has 2 heterocycles. The Hall–Kier alpha value is -2.67. The summed E-state index contributed by atoms with van der Waals surface area (Å²) in [6, 6.07) is 12.8. The van der Waals surface area contributed by atoms with Crippen molar-refractivity contribution in [1.29, 1.82) is 0 Å². The van der Waals surface area contributed by atoms with Gasteiger partial charge in [-0.3, -0.25) is 4.79 Å². The van der Waals surface area contributed by atoms with E-state index in [9.17, 15) is 9.59 Å². The molecule has 2 atom stereocenters. The molecule has 2 N–H and O–H groups in total. The third kappa shape index (κ3) is 2.70. The molecule has 0 aliphatic carbocycles. The number of nitrogens with zero attached hydrogens (tertiary/aromatic N) is 1. The SMILES string of the molecule is CC(=O)ON=C1c2ccccc2NC1C1C(=O)Nc2cc(Br)ccc21. The van der Waals surface area contributed by atoms with Gasteiger partial charge in [-0.1, -0.05) is 45.4 Å². The predicted octanol–water partition coefficient (Wildman–Crippen LogP) is 3.25. The fourth-order valence-electron chi connectivity index (χ4n) is 3.29. The molecule has 0 spiro atoms. The van der Waals surface area contributed by atoms with Gasteiger partial charge in [0.15, 0.2) is 0 Å². The van der Waals surface area contributed by atoms with Crippen molar-refractivity contribution in [2.45, 2.75) is 18.9 Å². The summed E-state index contributed by atoms with van der Waals surface area (Å²) in [5.41, 5.74) is 3.88. The predicted molar refractivity (Wildman–Crippen MR) is 97.7 cm³/mol. The van der Waals surface area contributed by atoms with Crippen LogP contribution in [0.15, 0.2) is 52.1 Å². The third-order valence-corrected chi connectivity index (χ3v) is 4.80. The van der Waals surface area contributed by atoms with Gasteiger partial charge in [0.25, 0.3) is 0 Å². The van der Waals surface area contributed by atoms with Crippen LogP contribution < -0.4 is 10.6 Å². The fraction of sp³-hybridized carbons (Fsp3) is 0.167. The molecule has 2 unspecified atom stereocenters. The average Bonchev–Trinajstić information content (AvgIpc) is 3.08. The van der Waals surface area contributed by atoms with E-state index in [1.54, 1.807) is 0 Å². The molecule has 2 aromatic carbocycles. The lowest BCUT2D eigenvalue weighted by Crippen LogP contribution is -2.35. The minimum Gasteiger partial charge on any atom is -0.375 e. The normalized spacial score (nSPS) is 22.2. The summed E-state index contributed by atoms with van der Waals surface area (Å²) in [5.74, 6) is -1.09. The molecule has 2 aromatic rings. The van der Waals surface area contributed by atoms with E-state index in [1.807, 2.05) is 42.5 Å². The van der Waals surface area contributed by atoms with E-state index < -0.39 is 17.9 Å². The van der Waals surface area contributed by atoms with Gasteiger partial charge in [0.05, 0.1) is 12.0 Å². The summed E-state index contributed by atoms with van der Waals surface area (Å²) in [4.78, 5) is 28.7. The van der Waals surface area contributed by atoms with Gasteiger partial charge in [-0.15, -0.1) is 0 Å². The zero-order chi connectivity index (χ0) is 17.6. The number of para-hydroxylation sites is 1. The zero-order valence-corrected chi connectivity index (χ0v) is 14.8. The van der Waals surface area contributed by atoms with Crippen LogP contribution in [0.3, 0.4) is 0 Å². The van der Waals surface area contributed by atoms with E-state index in [-0.39, 0.29) is 5.91 Å². The molecule has 2 aliphatic rings. The van der Waals surface area contributed by atoms with E-state index in [1.165, 1.54) is 6.92 Å². The molecule has 0 saturated heterocycles. The van der Waals surface area contributed by atoms with Gasteiger partial charge in [-0.2, -0.15) is 0 Å². The number of fused-ring (bicyclic) bond motifs is 2. The van der Waals surface area contributed by atoms with E-state index in [2.05, 4.69) is 31.7 Å². The molecule has 126 valence electrons. The maximum Gasteiger partial charge on any atom is 0.331 e. The molecule has 1 amide bonds. The Bertz CT molecular complexity index is 926. The number of rotatable bonds is 2. The number of oxime groups is 1. The molecular weight excluding hydrogens is 386 g/mol. The molecule has 4 rings (SSSR count). The van der Waals surface area contributed by atoms with Crippen molar-refractivity contribution in [3.8, 4) is 0 Å². The maximum atomic E-state index is 12.6. The summed E-state index contributed by atoms with van der Waals surface area (Å²) in [6.07, 6.45) is 0. The summed E-state index contributed by atoms with van der Waals surface area (Å²) < 4.78 is 0.892. The highest BCUT2D eigenvalue weighted by molar-refractivity contribution is 9.10. The van der Waals surface area contributed by atoms with Gasteiger partial charge in [0, 0.05) is 28.3 Å². The first-order valence-electron chi connectivity index (χ1n) is 7.76. The molecule has 0 aromatic heterocycles. The van der Waals surface area contributed by atoms with Crippen LogP contribution in [0.1, 0.15) is 24.0 Å². The Morgan fingerprint density at radius 2 is 2.00 bits per heavy atom. The van der Waals surface area contributed by atoms with Crippen molar-refractivity contribution in [2.24, 2.45) is 5.16 Å². The Morgan fingerprint density at radius 1 is 1.20 bits per heavy atom. The van der Waals surface area contributed by atoms with Crippen LogP contribution in [0.25, 0.3) is 0 Å². The van der Waals surface area contributed by atoms with Crippen LogP contribution in [0.2, 0.25) is 0 Å². The highest BCUT2D eigenvalue weighted by atomic mass is 79.9. The Morgan fingerprint density at radius 3 is 2.80 bits per heavy atom. The molecule has 0 bridgehead atoms. The highest BCUT2D eigenvalue weighted by Crippen LogP contribution is 2.41. The lowest BCUT2D eigenvalue weighted by Gasteiger charge is -2.18. The molecule has 0 fully saturated rings. The van der Waals surface area contributed by atoms with Crippen molar-refractivity contribution in [3.05, 3.63) is 58.1 Å². The molecule has 2 aliphatic heterocycles. The van der Waals surface area contributed by atoms with Crippen molar-refractivity contribution in [1.82, 2.24) is 0 Å². The average molecular weight is 400 g/mol. The summed E-state index contributed by atoms with van der Waals surface area (Å²) in [5, 5.41) is 10.3. The minimum atomic E-state index is -0.504. The number of halogens is 1. The van der Waals surface area contributed by atoms with Crippen molar-refractivity contribution < 1.29 is 14.4 Å². The Kier molecular flexibility index (Phi) is 3.80. The zero-order valence-electron chi connectivity index (χ0n) is 13.2. The molecule has 25 heavy (non-hydrogen) atoms. The standard InChI is InChI=1S/C18H14BrN3O3/c1-9(23)25-22-16-12-4-2-3-5-13(12)20-17(16)15-11-7-6-10(19)8-14(11)21-18(15)24/h2-8,15,17,20H,1H3,(H,21,24). The lowest BCUT2D eigenvalue weighted by molar-refractivity contribution is -0.140. The monoisotopic (exact) mass is 399 g/mol. The maximum absolute atomic E-state index is 12.6. The van der Waals surface area contributed by atoms with Crippen molar-refractivity contribution in [3.63, 3.8) is 0 Å². The number of hydrogen-bond acceptors (Lipinski definition) is 5. The van der Waals surface area contributed by atoms with Gasteiger partial charge in [-0.05, 0) is 23.8 Å². The van der Waals surface area contributed by atoms with Gasteiger partial charge in [-0.25, -0.2) is 4.79 Å². The second-order valence-electron chi connectivity index (χ2n) is 5.93. The van der Waals surface area contributed by atoms with Gasteiger partial charge < -0.3 is 15.5 Å². The number of anilines is 2. The van der Waals surface area contributed by atoms with Crippen LogP contribution >= 0.6 is 15.9 Å². The molecular formula is C18H14BrN3O3. The van der Waals surface area contributed by atoms with Gasteiger partial charge in [0.2, 0.25) is 5.91 Å². The van der Waals surface area contributed by atoms with Crippen LogP contribution in [0.4, 0.5) is 11.4 Å². The first-order chi connectivity index (χ1) is 12.0. The van der Waals surface area contributed by atoms with Crippen LogP contribution in [0, 0.1) is 0 Å². The highest BCUT2D eigenvalue weighted by Gasteiger charge is 2.43. The van der Waals surface area contributed by atoms with E-state index in [0.29, 0.717) is 5.71 Å². The van der Waals surface area contributed by atoms with E-state index in [0.717, 1.165) is 27.0 Å². The smallest absolute Gasteiger partial charge is 0.331 e. The molecule has 6 nitrogen and oxygen atoms in total. The van der Waals surface area contributed by atoms with E-state index in [4.69, 9.17) is 4.84 Å². The number of amides is 1. The first kappa shape index (κ1) is 15.8. The largest absolute Gasteiger partial charge is 0.375 e. The number of hydrogen-bond donors (Lipinski definition) is 2. The van der Waals surface area contributed by atoms with Crippen molar-refractivity contribution >= 4 is 44.9 Å². The summed E-state index contributed by atoms with van der Waals surface area (Å²) in [6.45, 7) is 1.29. The summed E-state index contributed by atoms with van der Waals surface area (Å²) in [7, 11) is 0. The number of benzene rings is 2. The van der Waals surface area contributed by atoms with Crippen LogP contribution in [-0.4, -0.2) is 23.6 Å². The van der Waals surface area contributed by atoms with Crippen molar-refractivity contribution in [2.75, 3.05) is 10.6 Å². The fourth-order valence-corrected chi connectivity index (χ4v) is 3.65. The number of nitrogens with one attached hydrogen (secondary N) is 2. The number of carbonyl (C=O) groups is 2. The summed E-state index contributed by atoms with van der Waals surface area (Å²) >= 11 is 3.42. The first-order valence-corrected chi connectivity index (χ1v) is 8.55. The quantitative estimate of drug-likeness (QED) is 0.599. The lowest BCUT2D eigenvalue weighted by atomic mass is 9.89.